The SMILES string of the molecule is CN1CCN(C(=O)CC2NC3CCCCC3NC2=O)CC1. The monoisotopic (exact) mass is 294 g/mol. The van der Waals surface area contributed by atoms with Crippen LogP contribution in [-0.4, -0.2) is 73.0 Å². The number of fused-ring (bicyclic) bond motifs is 1. The van der Waals surface area contributed by atoms with Crippen LogP contribution < -0.4 is 10.6 Å². The third-order valence-corrected chi connectivity index (χ3v) is 5.06. The van der Waals surface area contributed by atoms with Gasteiger partial charge in [0.15, 0.2) is 0 Å². The Hall–Kier alpha value is -1.14. The van der Waals surface area contributed by atoms with E-state index in [0.717, 1.165) is 39.0 Å². The topological polar surface area (TPSA) is 64.7 Å². The number of carbonyl (C=O) groups excluding carboxylic acids is 2. The van der Waals surface area contributed by atoms with Crippen molar-refractivity contribution in [3.05, 3.63) is 0 Å². The maximum Gasteiger partial charge on any atom is 0.237 e. The molecule has 6 nitrogen and oxygen atoms in total. The second-order valence-corrected chi connectivity index (χ2v) is 6.61. The third kappa shape index (κ3) is 3.37. The van der Waals surface area contributed by atoms with Crippen LogP contribution in [0.2, 0.25) is 0 Å². The first-order valence-corrected chi connectivity index (χ1v) is 8.16. The van der Waals surface area contributed by atoms with E-state index in [1.807, 2.05) is 4.90 Å². The van der Waals surface area contributed by atoms with E-state index >= 15 is 0 Å². The van der Waals surface area contributed by atoms with Gasteiger partial charge >= 0.3 is 0 Å². The number of hydrogen-bond acceptors (Lipinski definition) is 4. The summed E-state index contributed by atoms with van der Waals surface area (Å²) in [4.78, 5) is 28.6. The largest absolute Gasteiger partial charge is 0.350 e. The first kappa shape index (κ1) is 14.8. The molecule has 3 rings (SSSR count). The van der Waals surface area contributed by atoms with Crippen molar-refractivity contribution < 1.29 is 9.59 Å². The Bertz CT molecular complexity index is 406. The van der Waals surface area contributed by atoms with Gasteiger partial charge in [0, 0.05) is 38.3 Å². The van der Waals surface area contributed by atoms with Crippen molar-refractivity contribution in [3.8, 4) is 0 Å². The van der Waals surface area contributed by atoms with Crippen molar-refractivity contribution in [1.29, 1.82) is 0 Å². The van der Waals surface area contributed by atoms with Crippen LogP contribution in [0, 0.1) is 0 Å². The summed E-state index contributed by atoms with van der Waals surface area (Å²) in [6.07, 6.45) is 4.85. The molecule has 118 valence electrons. The molecule has 2 N–H and O–H groups in total. The number of nitrogens with zero attached hydrogens (tertiary/aromatic N) is 2. The van der Waals surface area contributed by atoms with E-state index in [9.17, 15) is 9.59 Å². The zero-order valence-electron chi connectivity index (χ0n) is 12.8. The first-order chi connectivity index (χ1) is 10.1. The van der Waals surface area contributed by atoms with Crippen LogP contribution in [0.5, 0.6) is 0 Å². The fourth-order valence-electron chi connectivity index (χ4n) is 3.63. The van der Waals surface area contributed by atoms with Crippen molar-refractivity contribution in [2.24, 2.45) is 0 Å². The van der Waals surface area contributed by atoms with Crippen molar-refractivity contribution in [1.82, 2.24) is 20.4 Å². The number of nitrogens with one attached hydrogen (secondary N) is 2. The number of carbonyl (C=O) groups is 2. The summed E-state index contributed by atoms with van der Waals surface area (Å²) in [6.45, 7) is 3.38. The quantitative estimate of drug-likeness (QED) is 0.724. The van der Waals surface area contributed by atoms with Crippen LogP contribution in [0.3, 0.4) is 0 Å². The van der Waals surface area contributed by atoms with E-state index < -0.39 is 0 Å². The van der Waals surface area contributed by atoms with Gasteiger partial charge in [0.25, 0.3) is 0 Å². The smallest absolute Gasteiger partial charge is 0.237 e. The molecule has 3 fully saturated rings. The summed E-state index contributed by atoms with van der Waals surface area (Å²) < 4.78 is 0. The predicted octanol–water partition coefficient (Wildman–Crippen LogP) is -0.450. The minimum Gasteiger partial charge on any atom is -0.350 e. The molecule has 0 bridgehead atoms. The second kappa shape index (κ2) is 6.32. The molecule has 0 spiro atoms. The van der Waals surface area contributed by atoms with Crippen molar-refractivity contribution in [3.63, 3.8) is 0 Å². The molecule has 0 aromatic carbocycles. The lowest BCUT2D eigenvalue weighted by atomic mass is 9.87. The van der Waals surface area contributed by atoms with Crippen LogP contribution in [0.4, 0.5) is 0 Å². The highest BCUT2D eigenvalue weighted by molar-refractivity contribution is 5.89. The minimum atomic E-state index is -0.350. The minimum absolute atomic E-state index is 0.000581. The van der Waals surface area contributed by atoms with Gasteiger partial charge in [0.1, 0.15) is 0 Å². The fraction of sp³-hybridized carbons (Fsp3) is 0.867. The molecular weight excluding hydrogens is 268 g/mol. The molecule has 1 saturated carbocycles. The van der Waals surface area contributed by atoms with Gasteiger partial charge in [0.05, 0.1) is 12.5 Å². The van der Waals surface area contributed by atoms with E-state index in [0.29, 0.717) is 12.5 Å². The molecule has 0 aromatic rings. The van der Waals surface area contributed by atoms with Crippen LogP contribution >= 0.6 is 0 Å². The van der Waals surface area contributed by atoms with Gasteiger partial charge in [-0.25, -0.2) is 0 Å². The zero-order chi connectivity index (χ0) is 14.8. The lowest BCUT2D eigenvalue weighted by molar-refractivity contribution is -0.137. The van der Waals surface area contributed by atoms with Crippen LogP contribution in [0.1, 0.15) is 32.1 Å². The molecule has 3 unspecified atom stereocenters. The molecule has 0 radical (unpaired) electrons. The molecule has 21 heavy (non-hydrogen) atoms. The summed E-state index contributed by atoms with van der Waals surface area (Å²) in [6, 6.07) is 0.263. The summed E-state index contributed by atoms with van der Waals surface area (Å²) in [5.41, 5.74) is 0. The van der Waals surface area contributed by atoms with Crippen molar-refractivity contribution >= 4 is 11.8 Å². The Morgan fingerprint density at radius 3 is 2.52 bits per heavy atom. The zero-order valence-corrected chi connectivity index (χ0v) is 12.8. The number of rotatable bonds is 2. The van der Waals surface area contributed by atoms with Gasteiger partial charge in [-0.2, -0.15) is 0 Å². The number of amides is 2. The summed E-state index contributed by atoms with van der Waals surface area (Å²) in [7, 11) is 2.07. The van der Waals surface area contributed by atoms with Crippen LogP contribution in [-0.2, 0) is 9.59 Å². The van der Waals surface area contributed by atoms with Crippen molar-refractivity contribution in [2.75, 3.05) is 33.2 Å². The molecule has 0 aromatic heterocycles. The maximum absolute atomic E-state index is 12.4. The normalized spacial score (nSPS) is 34.2. The fourth-order valence-corrected chi connectivity index (χ4v) is 3.63. The lowest BCUT2D eigenvalue weighted by Gasteiger charge is -2.41. The van der Waals surface area contributed by atoms with Crippen molar-refractivity contribution in [2.45, 2.75) is 50.2 Å². The average molecular weight is 294 g/mol. The Labute approximate surface area is 126 Å². The van der Waals surface area contributed by atoms with Gasteiger partial charge in [-0.15, -0.1) is 0 Å². The van der Waals surface area contributed by atoms with Gasteiger partial charge in [-0.3, -0.25) is 9.59 Å². The summed E-state index contributed by atoms with van der Waals surface area (Å²) in [5.74, 6) is 0.102. The Balaban J connectivity index is 1.54. The van der Waals surface area contributed by atoms with E-state index in [-0.39, 0.29) is 23.9 Å². The maximum atomic E-state index is 12.4. The van der Waals surface area contributed by atoms with E-state index in [4.69, 9.17) is 0 Å². The highest BCUT2D eigenvalue weighted by atomic mass is 16.2. The summed E-state index contributed by atoms with van der Waals surface area (Å²) in [5, 5.41) is 6.52. The van der Waals surface area contributed by atoms with Crippen LogP contribution in [0.15, 0.2) is 0 Å². The summed E-state index contributed by atoms with van der Waals surface area (Å²) >= 11 is 0. The molecular formula is C15H26N4O2. The highest BCUT2D eigenvalue weighted by Crippen LogP contribution is 2.22. The van der Waals surface area contributed by atoms with Gasteiger partial charge in [0.2, 0.25) is 11.8 Å². The average Bonchev–Trinajstić information content (AvgIpc) is 2.48. The standard InChI is InChI=1S/C15H26N4O2/c1-18-6-8-19(9-7-18)14(20)10-13-15(21)17-12-5-3-2-4-11(12)16-13/h11-13,16H,2-10H2,1H3,(H,17,21). The molecule has 1 aliphatic carbocycles. The Morgan fingerprint density at radius 2 is 1.81 bits per heavy atom. The molecule has 2 aliphatic heterocycles. The van der Waals surface area contributed by atoms with E-state index in [1.165, 1.54) is 12.8 Å². The van der Waals surface area contributed by atoms with E-state index in [1.54, 1.807) is 0 Å². The number of hydrogen-bond donors (Lipinski definition) is 2. The van der Waals surface area contributed by atoms with Gasteiger partial charge in [-0.05, 0) is 19.9 Å². The number of piperazine rings is 2. The second-order valence-electron chi connectivity index (χ2n) is 6.61. The predicted molar refractivity (Wildman–Crippen MR) is 79.8 cm³/mol. The molecule has 3 aliphatic rings. The molecule has 3 atom stereocenters. The first-order valence-electron chi connectivity index (χ1n) is 8.16. The molecule has 6 heteroatoms. The lowest BCUT2D eigenvalue weighted by Crippen LogP contribution is -2.65. The number of likely N-dealkylation sites (N-methyl/N-ethyl adjacent to an activating group) is 1. The van der Waals surface area contributed by atoms with Gasteiger partial charge in [-0.1, -0.05) is 12.8 Å². The highest BCUT2D eigenvalue weighted by Gasteiger charge is 2.37. The molecule has 2 saturated heterocycles. The Kier molecular flexibility index (Phi) is 4.45. The molecule has 2 amide bonds. The Morgan fingerprint density at radius 1 is 1.14 bits per heavy atom. The van der Waals surface area contributed by atoms with E-state index in [2.05, 4.69) is 22.6 Å². The van der Waals surface area contributed by atoms with Gasteiger partial charge < -0.3 is 20.4 Å². The third-order valence-electron chi connectivity index (χ3n) is 5.06. The van der Waals surface area contributed by atoms with Crippen LogP contribution in [0.25, 0.3) is 0 Å². The molecule has 2 heterocycles.